The van der Waals surface area contributed by atoms with Gasteiger partial charge in [-0.15, -0.1) is 0 Å². The number of nitrogens with one attached hydrogen (secondary N) is 1. The summed E-state index contributed by atoms with van der Waals surface area (Å²) >= 11 is 0. The summed E-state index contributed by atoms with van der Waals surface area (Å²) in [4.78, 5) is 27.1. The van der Waals surface area contributed by atoms with Crippen molar-refractivity contribution in [1.82, 2.24) is 24.8 Å². The van der Waals surface area contributed by atoms with E-state index in [0.717, 1.165) is 17.7 Å². The van der Waals surface area contributed by atoms with Gasteiger partial charge in [-0.2, -0.15) is 0 Å². The van der Waals surface area contributed by atoms with Crippen molar-refractivity contribution >= 4 is 11.7 Å². The lowest BCUT2D eigenvalue weighted by Gasteiger charge is -2.29. The highest BCUT2D eigenvalue weighted by atomic mass is 19.1. The number of carbonyl (C=O) groups excluding carboxylic acids is 1. The molecule has 3 aromatic heterocycles. The van der Waals surface area contributed by atoms with Crippen molar-refractivity contribution in [2.24, 2.45) is 7.05 Å². The van der Waals surface area contributed by atoms with Crippen molar-refractivity contribution in [3.63, 3.8) is 0 Å². The van der Waals surface area contributed by atoms with E-state index in [-0.39, 0.29) is 6.03 Å². The minimum Gasteiger partial charge on any atom is -0.474 e. The molecule has 3 aromatic rings. The number of anilines is 1. The molecule has 1 aliphatic heterocycles. The van der Waals surface area contributed by atoms with Gasteiger partial charge in [-0.05, 0) is 38.0 Å². The molecule has 1 aliphatic rings. The van der Waals surface area contributed by atoms with Gasteiger partial charge in [0, 0.05) is 18.8 Å². The number of aromatic nitrogens is 4. The van der Waals surface area contributed by atoms with E-state index in [1.54, 1.807) is 36.4 Å². The van der Waals surface area contributed by atoms with E-state index in [2.05, 4.69) is 32.1 Å². The topological polar surface area (TPSA) is 85.2 Å². The van der Waals surface area contributed by atoms with Crippen LogP contribution in [0.3, 0.4) is 0 Å². The number of hydrogen-bond donors (Lipinski definition) is 1. The summed E-state index contributed by atoms with van der Waals surface area (Å²) in [6.07, 6.45) is 4.45. The third-order valence-corrected chi connectivity index (χ3v) is 5.01. The smallest absolute Gasteiger partial charge is 0.322 e. The number of amides is 2. The van der Waals surface area contributed by atoms with Gasteiger partial charge in [-0.1, -0.05) is 5.92 Å². The van der Waals surface area contributed by atoms with Crippen LogP contribution in [0.25, 0.3) is 0 Å². The first-order valence-corrected chi connectivity index (χ1v) is 9.75. The Morgan fingerprint density at radius 1 is 1.23 bits per heavy atom. The monoisotopic (exact) mass is 420 g/mol. The molecule has 0 unspecified atom stereocenters. The average Bonchev–Trinajstić information content (AvgIpc) is 3.09. The second kappa shape index (κ2) is 8.44. The van der Waals surface area contributed by atoms with Gasteiger partial charge in [0.15, 0.2) is 0 Å². The Balaban J connectivity index is 1.55. The van der Waals surface area contributed by atoms with E-state index in [0.29, 0.717) is 36.0 Å². The lowest BCUT2D eigenvalue weighted by atomic mass is 10.2. The first-order valence-electron chi connectivity index (χ1n) is 9.75. The molecule has 2 amide bonds. The summed E-state index contributed by atoms with van der Waals surface area (Å²) in [5.41, 5.74) is 2.53. The first kappa shape index (κ1) is 20.3. The number of aryl methyl sites for hydroxylation is 1. The van der Waals surface area contributed by atoms with Gasteiger partial charge in [0.2, 0.25) is 5.88 Å². The lowest BCUT2D eigenvalue weighted by molar-refractivity contribution is 0.235. The first-order chi connectivity index (χ1) is 14.9. The molecule has 31 heavy (non-hydrogen) atoms. The van der Waals surface area contributed by atoms with E-state index >= 15 is 0 Å². The summed E-state index contributed by atoms with van der Waals surface area (Å²) < 4.78 is 20.6. The zero-order valence-corrected chi connectivity index (χ0v) is 17.4. The predicted octanol–water partition coefficient (Wildman–Crippen LogP) is 2.73. The zero-order chi connectivity index (χ0) is 22.0. The third-order valence-electron chi connectivity index (χ3n) is 5.01. The van der Waals surface area contributed by atoms with Gasteiger partial charge < -0.3 is 14.6 Å². The van der Waals surface area contributed by atoms with Gasteiger partial charge in [0.1, 0.15) is 29.6 Å². The average molecular weight is 420 g/mol. The van der Waals surface area contributed by atoms with Crippen LogP contribution in [0.1, 0.15) is 35.7 Å². The number of pyridine rings is 2. The quantitative estimate of drug-likeness (QED) is 0.645. The fourth-order valence-electron chi connectivity index (χ4n) is 3.11. The van der Waals surface area contributed by atoms with E-state index in [1.165, 1.54) is 6.07 Å². The highest BCUT2D eigenvalue weighted by Crippen LogP contribution is 2.30. The highest BCUT2D eigenvalue weighted by molar-refractivity contribution is 5.94. The fraction of sp³-hybridized carbons (Fsp3) is 0.273. The molecule has 0 saturated heterocycles. The van der Waals surface area contributed by atoms with Gasteiger partial charge in [-0.3, -0.25) is 9.88 Å². The van der Waals surface area contributed by atoms with Crippen LogP contribution in [-0.4, -0.2) is 38.7 Å². The van der Waals surface area contributed by atoms with E-state index < -0.39 is 11.9 Å². The van der Waals surface area contributed by atoms with Crippen molar-refractivity contribution in [2.75, 3.05) is 18.1 Å². The molecule has 8 nitrogen and oxygen atoms in total. The number of hydrogen-bond acceptors (Lipinski definition) is 5. The molecule has 0 saturated carbocycles. The number of nitrogens with zero attached hydrogens (tertiary/aromatic N) is 5. The van der Waals surface area contributed by atoms with Crippen LogP contribution in [0.4, 0.5) is 14.9 Å². The van der Waals surface area contributed by atoms with Crippen molar-refractivity contribution in [3.05, 3.63) is 65.4 Å². The SMILES string of the molecule is Cc1ncc(C#Cc2cnc3c(c2)N(C(=O)N[C@@H](C)c2ccc(F)cn2)CCO3)n1C. The van der Waals surface area contributed by atoms with Crippen LogP contribution >= 0.6 is 0 Å². The number of carbonyl (C=O) groups is 1. The van der Waals surface area contributed by atoms with Crippen LogP contribution in [0.5, 0.6) is 5.88 Å². The maximum atomic E-state index is 13.1. The van der Waals surface area contributed by atoms with Gasteiger partial charge >= 0.3 is 6.03 Å². The molecule has 0 spiro atoms. The highest BCUT2D eigenvalue weighted by Gasteiger charge is 2.26. The molecule has 158 valence electrons. The Morgan fingerprint density at radius 3 is 2.77 bits per heavy atom. The maximum absolute atomic E-state index is 13.1. The standard InChI is InChI=1S/C22H21FN6O2/c1-14(19-7-5-17(23)12-25-19)27-22(30)29-8-9-31-21-20(29)10-16(11-26-21)4-6-18-13-24-15(2)28(18)3/h5,7,10-14H,8-9H2,1-3H3,(H,27,30)/t14-/m0/s1. The summed E-state index contributed by atoms with van der Waals surface area (Å²) in [6, 6.07) is 3.91. The Labute approximate surface area is 179 Å². The second-order valence-electron chi connectivity index (χ2n) is 7.12. The molecular formula is C22H21FN6O2. The van der Waals surface area contributed by atoms with Crippen molar-refractivity contribution in [3.8, 4) is 17.7 Å². The molecule has 9 heteroatoms. The summed E-state index contributed by atoms with van der Waals surface area (Å²) in [5.74, 6) is 6.95. The number of ether oxygens (including phenoxy) is 1. The number of imidazole rings is 1. The Hall–Kier alpha value is -3.93. The fourth-order valence-corrected chi connectivity index (χ4v) is 3.11. The zero-order valence-electron chi connectivity index (χ0n) is 17.4. The largest absolute Gasteiger partial charge is 0.474 e. The van der Waals surface area contributed by atoms with E-state index in [1.807, 2.05) is 18.5 Å². The summed E-state index contributed by atoms with van der Waals surface area (Å²) in [6.45, 7) is 4.38. The molecule has 0 aliphatic carbocycles. The van der Waals surface area contributed by atoms with Crippen molar-refractivity contribution < 1.29 is 13.9 Å². The second-order valence-corrected chi connectivity index (χ2v) is 7.12. The molecule has 4 rings (SSSR count). The lowest BCUT2D eigenvalue weighted by Crippen LogP contribution is -2.45. The maximum Gasteiger partial charge on any atom is 0.322 e. The molecule has 0 radical (unpaired) electrons. The van der Waals surface area contributed by atoms with Gasteiger partial charge in [0.25, 0.3) is 0 Å². The van der Waals surface area contributed by atoms with Crippen molar-refractivity contribution in [1.29, 1.82) is 0 Å². The molecular weight excluding hydrogens is 399 g/mol. The molecule has 0 aromatic carbocycles. The van der Waals surface area contributed by atoms with Crippen LogP contribution in [-0.2, 0) is 7.05 Å². The van der Waals surface area contributed by atoms with E-state index in [9.17, 15) is 9.18 Å². The van der Waals surface area contributed by atoms with Crippen LogP contribution < -0.4 is 15.0 Å². The summed E-state index contributed by atoms with van der Waals surface area (Å²) in [7, 11) is 1.90. The van der Waals surface area contributed by atoms with Gasteiger partial charge in [0.05, 0.1) is 30.7 Å². The predicted molar refractivity (Wildman–Crippen MR) is 112 cm³/mol. The number of halogens is 1. The van der Waals surface area contributed by atoms with E-state index in [4.69, 9.17) is 4.74 Å². The van der Waals surface area contributed by atoms with Gasteiger partial charge in [-0.25, -0.2) is 19.2 Å². The Bertz CT molecular complexity index is 1180. The Kier molecular flexibility index (Phi) is 5.54. The minimum atomic E-state index is -0.426. The molecule has 1 atom stereocenters. The normalized spacial score (nSPS) is 13.5. The van der Waals surface area contributed by atoms with Crippen LogP contribution in [0.15, 0.2) is 36.8 Å². The summed E-state index contributed by atoms with van der Waals surface area (Å²) in [5, 5.41) is 2.88. The molecule has 0 fully saturated rings. The van der Waals surface area contributed by atoms with Crippen LogP contribution in [0, 0.1) is 24.6 Å². The number of rotatable bonds is 2. The molecule has 0 bridgehead atoms. The minimum absolute atomic E-state index is 0.322. The number of urea groups is 1. The molecule has 1 N–H and O–H groups in total. The van der Waals surface area contributed by atoms with Crippen LogP contribution in [0.2, 0.25) is 0 Å². The molecule has 4 heterocycles. The van der Waals surface area contributed by atoms with Crippen molar-refractivity contribution in [2.45, 2.75) is 19.9 Å². The number of fused-ring (bicyclic) bond motifs is 1. The Morgan fingerprint density at radius 2 is 2.06 bits per heavy atom. The third kappa shape index (κ3) is 4.33.